The van der Waals surface area contributed by atoms with Gasteiger partial charge in [-0.2, -0.15) is 0 Å². The first kappa shape index (κ1) is 43.9. The maximum atomic E-state index is 13.9. The van der Waals surface area contributed by atoms with Crippen molar-refractivity contribution in [3.05, 3.63) is 94.9 Å². The second-order valence-electron chi connectivity index (χ2n) is 14.6. The molecule has 3 heterocycles. The maximum Gasteiger partial charge on any atom is 0.407 e. The Morgan fingerprint density at radius 1 is 0.949 bits per heavy atom. The number of alkyl carbamates (subject to hydrolysis) is 2. The summed E-state index contributed by atoms with van der Waals surface area (Å²) in [5, 5.41) is 5.35. The van der Waals surface area contributed by atoms with E-state index in [0.717, 1.165) is 22.6 Å². The smallest absolute Gasteiger partial charge is 0.407 e. The molecule has 1 unspecified atom stereocenters. The SMILES string of the molecule is C/C=C(/Sc1ccccc1)C(C)(C#CC#Cc1cnc([C@@H]2CCCN2C(=O)[C@H](NC(=O)OC)c2ccccc2)[nH]1)N=C(N)[C@@H]1CCCN1C(=O)[C@@H](NC(=O)OC)C(C)C. The average Bonchev–Trinajstić information content (AvgIpc) is 4.04. The van der Waals surface area contributed by atoms with Crippen molar-refractivity contribution in [2.45, 2.75) is 88.0 Å². The number of H-pyrrole nitrogens is 1. The lowest BCUT2D eigenvalue weighted by atomic mass is 10.0. The molecule has 5 atom stereocenters. The zero-order valence-electron chi connectivity index (χ0n) is 34.3. The Balaban J connectivity index is 1.40. The van der Waals surface area contributed by atoms with Gasteiger partial charge in [0.2, 0.25) is 5.91 Å². The van der Waals surface area contributed by atoms with E-state index >= 15 is 0 Å². The van der Waals surface area contributed by atoms with E-state index in [1.807, 2.05) is 82.3 Å². The number of nitrogens with zero attached hydrogens (tertiary/aromatic N) is 4. The number of allylic oxidation sites excluding steroid dienone is 1. The second-order valence-corrected chi connectivity index (χ2v) is 15.7. The number of aromatic amines is 1. The summed E-state index contributed by atoms with van der Waals surface area (Å²) in [7, 11) is 2.52. The monoisotopic (exact) mass is 820 g/mol. The summed E-state index contributed by atoms with van der Waals surface area (Å²) < 4.78 is 9.59. The molecule has 1 aromatic heterocycles. The Kier molecular flexibility index (Phi) is 15.2. The van der Waals surface area contributed by atoms with Gasteiger partial charge in [0, 0.05) is 22.9 Å². The van der Waals surface area contributed by atoms with Gasteiger partial charge in [-0.25, -0.2) is 19.6 Å². The Morgan fingerprint density at radius 3 is 2.25 bits per heavy atom. The molecule has 14 nitrogen and oxygen atoms in total. The average molecular weight is 821 g/mol. The summed E-state index contributed by atoms with van der Waals surface area (Å²) in [4.78, 5) is 70.1. The molecule has 59 heavy (non-hydrogen) atoms. The number of imidazole rings is 1. The van der Waals surface area contributed by atoms with Crippen molar-refractivity contribution in [1.29, 1.82) is 0 Å². The largest absolute Gasteiger partial charge is 0.453 e. The van der Waals surface area contributed by atoms with Gasteiger partial charge >= 0.3 is 12.2 Å². The van der Waals surface area contributed by atoms with Crippen LogP contribution < -0.4 is 16.4 Å². The van der Waals surface area contributed by atoms with Crippen LogP contribution in [0.3, 0.4) is 0 Å². The number of nitrogens with one attached hydrogen (secondary N) is 3. The number of thioether (sulfide) groups is 1. The molecule has 2 saturated heterocycles. The van der Waals surface area contributed by atoms with E-state index in [1.54, 1.807) is 28.1 Å². The Labute approximate surface area is 350 Å². The van der Waals surface area contributed by atoms with Crippen molar-refractivity contribution >= 4 is 41.6 Å². The van der Waals surface area contributed by atoms with Crippen LogP contribution in [0.1, 0.15) is 82.5 Å². The predicted octanol–water partition coefficient (Wildman–Crippen LogP) is 5.71. The van der Waals surface area contributed by atoms with E-state index in [2.05, 4.69) is 44.3 Å². The second kappa shape index (κ2) is 20.5. The number of methoxy groups -OCH3 is 2. The number of amides is 4. The van der Waals surface area contributed by atoms with Crippen molar-refractivity contribution in [2.75, 3.05) is 27.3 Å². The van der Waals surface area contributed by atoms with Crippen LogP contribution in [0.2, 0.25) is 0 Å². The molecule has 0 spiro atoms. The summed E-state index contributed by atoms with van der Waals surface area (Å²) in [6, 6.07) is 16.3. The highest BCUT2D eigenvalue weighted by atomic mass is 32.2. The fourth-order valence-electron chi connectivity index (χ4n) is 7.16. The third-order valence-corrected chi connectivity index (χ3v) is 11.5. The van der Waals surface area contributed by atoms with Crippen LogP contribution in [-0.2, 0) is 19.1 Å². The minimum Gasteiger partial charge on any atom is -0.453 e. The third kappa shape index (κ3) is 11.1. The molecule has 0 bridgehead atoms. The molecule has 5 rings (SSSR count). The number of benzene rings is 2. The van der Waals surface area contributed by atoms with E-state index in [1.165, 1.54) is 26.0 Å². The molecule has 2 aliphatic heterocycles. The number of aliphatic imine (C=N–C) groups is 1. The Morgan fingerprint density at radius 2 is 1.59 bits per heavy atom. The van der Waals surface area contributed by atoms with Crippen molar-refractivity contribution in [3.8, 4) is 23.7 Å². The third-order valence-electron chi connectivity index (χ3n) is 10.2. The van der Waals surface area contributed by atoms with Crippen molar-refractivity contribution in [2.24, 2.45) is 16.6 Å². The molecule has 0 radical (unpaired) electrons. The fraction of sp³-hybridized carbons (Fsp3) is 0.409. The van der Waals surface area contributed by atoms with Crippen molar-refractivity contribution in [3.63, 3.8) is 0 Å². The number of carbonyl (C=O) groups is 4. The molecule has 3 aromatic rings. The molecule has 2 fully saturated rings. The zero-order chi connectivity index (χ0) is 42.5. The van der Waals surface area contributed by atoms with Crippen LogP contribution in [0.5, 0.6) is 0 Å². The standard InChI is InChI=1S/C44H52N8O6S/c1-7-35(59-32-21-12-9-13-22-32)44(4,50-38(45)33-23-16-26-51(33)40(53)36(29(2)3)48-42(55)57-5)25-15-14-20-31-28-46-39(47-31)34-24-17-27-52(34)41(54)37(49-43(56)58-6)30-18-10-8-11-19-30/h7-13,18-19,21-22,28-29,33-34,36-37H,16-17,23-24,26-27H2,1-6H3,(H2,45,50)(H,46,47)(H,48,55)(H,49,56)/b35-7+/t33-,34-,36-,37+,44?/m0/s1. The number of rotatable bonds is 12. The van der Waals surface area contributed by atoms with Crippen LogP contribution in [0.4, 0.5) is 9.59 Å². The van der Waals surface area contributed by atoms with Gasteiger partial charge in [0.1, 0.15) is 29.4 Å². The summed E-state index contributed by atoms with van der Waals surface area (Å²) in [6.45, 7) is 8.46. The van der Waals surface area contributed by atoms with Gasteiger partial charge in [0.15, 0.2) is 5.54 Å². The highest BCUT2D eigenvalue weighted by Crippen LogP contribution is 2.37. The topological polar surface area (TPSA) is 184 Å². The number of hydrogen-bond acceptors (Lipinski definition) is 9. The summed E-state index contributed by atoms with van der Waals surface area (Å²) in [5.41, 5.74) is 6.79. The molecule has 0 saturated carbocycles. The van der Waals surface area contributed by atoms with Gasteiger partial charge in [-0.3, -0.25) is 9.59 Å². The number of ether oxygens (including phenoxy) is 2. The predicted molar refractivity (Wildman–Crippen MR) is 227 cm³/mol. The number of amidine groups is 1. The summed E-state index contributed by atoms with van der Waals surface area (Å²) >= 11 is 1.51. The van der Waals surface area contributed by atoms with Crippen LogP contribution in [0.15, 0.2) is 87.7 Å². The van der Waals surface area contributed by atoms with Gasteiger partial charge in [-0.1, -0.05) is 86.1 Å². The highest BCUT2D eigenvalue weighted by Gasteiger charge is 2.39. The van der Waals surface area contributed by atoms with Crippen LogP contribution >= 0.6 is 11.8 Å². The molecule has 0 aliphatic carbocycles. The van der Waals surface area contributed by atoms with Gasteiger partial charge in [-0.15, -0.1) is 0 Å². The lowest BCUT2D eigenvalue weighted by Crippen LogP contribution is -2.55. The molecular formula is C44H52N8O6S. The van der Waals surface area contributed by atoms with Gasteiger partial charge in [-0.05, 0) is 80.9 Å². The van der Waals surface area contributed by atoms with E-state index < -0.39 is 35.9 Å². The van der Waals surface area contributed by atoms with Gasteiger partial charge in [0.05, 0.1) is 32.5 Å². The van der Waals surface area contributed by atoms with E-state index in [0.29, 0.717) is 43.0 Å². The molecule has 15 heteroatoms. The van der Waals surface area contributed by atoms with Crippen LogP contribution in [-0.4, -0.2) is 94.5 Å². The van der Waals surface area contributed by atoms with Gasteiger partial charge in [0.25, 0.3) is 5.91 Å². The number of nitrogens with two attached hydrogens (primary N) is 1. The molecule has 2 aromatic carbocycles. The summed E-state index contributed by atoms with van der Waals surface area (Å²) in [5.74, 6) is 12.3. The first-order valence-corrected chi connectivity index (χ1v) is 20.4. The Hall–Kier alpha value is -6.19. The summed E-state index contributed by atoms with van der Waals surface area (Å²) in [6.07, 6.45) is 4.93. The molecular weight excluding hydrogens is 769 g/mol. The lowest BCUT2D eigenvalue weighted by molar-refractivity contribution is -0.135. The highest BCUT2D eigenvalue weighted by molar-refractivity contribution is 8.03. The molecule has 310 valence electrons. The number of carbonyl (C=O) groups excluding carboxylic acids is 4. The Bertz CT molecular complexity index is 2150. The fourth-order valence-corrected chi connectivity index (χ4v) is 8.12. The van der Waals surface area contributed by atoms with E-state index in [4.69, 9.17) is 20.2 Å². The van der Waals surface area contributed by atoms with E-state index in [-0.39, 0.29) is 29.6 Å². The minimum absolute atomic E-state index is 0.194. The van der Waals surface area contributed by atoms with E-state index in [9.17, 15) is 19.2 Å². The molecule has 5 N–H and O–H groups in total. The number of likely N-dealkylation sites (tertiary alicyclic amines) is 2. The van der Waals surface area contributed by atoms with Crippen molar-refractivity contribution < 1.29 is 28.7 Å². The first-order chi connectivity index (χ1) is 28.4. The zero-order valence-corrected chi connectivity index (χ0v) is 35.1. The first-order valence-electron chi connectivity index (χ1n) is 19.6. The lowest BCUT2D eigenvalue weighted by Gasteiger charge is -2.31. The quantitative estimate of drug-likeness (QED) is 0.0770. The molecule has 2 aliphatic rings. The van der Waals surface area contributed by atoms with Crippen LogP contribution in [0.25, 0.3) is 0 Å². The van der Waals surface area contributed by atoms with Crippen LogP contribution in [0, 0.1) is 29.6 Å². The number of aromatic nitrogens is 2. The van der Waals surface area contributed by atoms with Crippen molar-refractivity contribution in [1.82, 2.24) is 30.4 Å². The van der Waals surface area contributed by atoms with Gasteiger partial charge < -0.3 is 40.6 Å². The minimum atomic E-state index is -1.15. The number of hydrogen-bond donors (Lipinski definition) is 4. The normalized spacial score (nSPS) is 18.7. The maximum absolute atomic E-state index is 13.9. The molecule has 4 amide bonds.